The lowest BCUT2D eigenvalue weighted by Crippen LogP contribution is -2.13. The van der Waals surface area contributed by atoms with E-state index in [2.05, 4.69) is 112 Å². The maximum Gasteiger partial charge on any atom is -0.00133 e. The largest absolute Gasteiger partial charge is 0.0622 e. The minimum absolute atomic E-state index is 0.659. The lowest BCUT2D eigenvalue weighted by atomic mass is 9.85. The van der Waals surface area contributed by atoms with E-state index < -0.39 is 0 Å². The highest BCUT2D eigenvalue weighted by Gasteiger charge is 2.21. The molecule has 2 unspecified atom stereocenters. The number of rotatable bonds is 7. The Kier molecular flexibility index (Phi) is 6.18. The molecule has 0 spiro atoms. The van der Waals surface area contributed by atoms with Gasteiger partial charge in [0, 0.05) is 0 Å². The summed E-state index contributed by atoms with van der Waals surface area (Å²) < 4.78 is 0. The quantitative estimate of drug-likeness (QED) is 0.244. The van der Waals surface area contributed by atoms with Gasteiger partial charge in [-0.05, 0) is 94.5 Å². The van der Waals surface area contributed by atoms with Crippen LogP contribution in [0.4, 0.5) is 0 Å². The van der Waals surface area contributed by atoms with Gasteiger partial charge in [0.1, 0.15) is 0 Å². The summed E-state index contributed by atoms with van der Waals surface area (Å²) in [5.74, 6) is 1.33. The molecule has 166 valence electrons. The second-order valence-corrected chi connectivity index (χ2v) is 10.1. The van der Waals surface area contributed by atoms with Gasteiger partial charge in [0.15, 0.2) is 0 Å². The highest BCUT2D eigenvalue weighted by molar-refractivity contribution is 5.78. The predicted octanol–water partition coefficient (Wildman–Crippen LogP) is 8.21. The molecular weight excluding hydrogens is 396 g/mol. The summed E-state index contributed by atoms with van der Waals surface area (Å²) in [5, 5.41) is 0. The maximum absolute atomic E-state index is 2.48. The van der Waals surface area contributed by atoms with Gasteiger partial charge < -0.3 is 0 Å². The van der Waals surface area contributed by atoms with Gasteiger partial charge in [0.25, 0.3) is 0 Å². The van der Waals surface area contributed by atoms with Gasteiger partial charge in [0.2, 0.25) is 0 Å². The molecule has 1 aliphatic carbocycles. The van der Waals surface area contributed by atoms with Gasteiger partial charge in [-0.1, -0.05) is 105 Å². The first-order valence-electron chi connectivity index (χ1n) is 12.4. The lowest BCUT2D eigenvalue weighted by Gasteiger charge is -2.20. The van der Waals surface area contributed by atoms with E-state index in [1.54, 1.807) is 0 Å². The third-order valence-corrected chi connectivity index (χ3v) is 7.57. The summed E-state index contributed by atoms with van der Waals surface area (Å²) >= 11 is 0. The van der Waals surface area contributed by atoms with Crippen LogP contribution < -0.4 is 0 Å². The van der Waals surface area contributed by atoms with Crippen molar-refractivity contribution in [3.8, 4) is 11.1 Å². The van der Waals surface area contributed by atoms with Gasteiger partial charge in [-0.3, -0.25) is 0 Å². The molecule has 0 aliphatic heterocycles. The SMILES string of the molecule is Cc1cc2c(cc1Cc1ccccc1)-c1ccc(CC(C)C(C)Cc3ccccc3)cc1C2. The van der Waals surface area contributed by atoms with E-state index in [1.165, 1.54) is 50.1 Å². The molecule has 1 aliphatic rings. The monoisotopic (exact) mass is 430 g/mol. The second-order valence-electron chi connectivity index (χ2n) is 10.1. The summed E-state index contributed by atoms with van der Waals surface area (Å²) in [5.41, 5.74) is 13.0. The van der Waals surface area contributed by atoms with Gasteiger partial charge in [-0.25, -0.2) is 0 Å². The van der Waals surface area contributed by atoms with Crippen LogP contribution in [0.3, 0.4) is 0 Å². The van der Waals surface area contributed by atoms with Crippen molar-refractivity contribution in [2.75, 3.05) is 0 Å². The van der Waals surface area contributed by atoms with Crippen molar-refractivity contribution in [1.29, 1.82) is 0 Å². The van der Waals surface area contributed by atoms with E-state index in [0.29, 0.717) is 11.8 Å². The molecule has 0 heterocycles. The first kappa shape index (κ1) is 21.7. The summed E-state index contributed by atoms with van der Waals surface area (Å²) in [6, 6.07) is 33.8. The minimum atomic E-state index is 0.659. The van der Waals surface area contributed by atoms with Crippen molar-refractivity contribution in [3.63, 3.8) is 0 Å². The van der Waals surface area contributed by atoms with E-state index in [4.69, 9.17) is 0 Å². The fourth-order valence-corrected chi connectivity index (χ4v) is 5.36. The molecule has 4 aromatic carbocycles. The maximum atomic E-state index is 2.48. The van der Waals surface area contributed by atoms with Crippen molar-refractivity contribution < 1.29 is 0 Å². The average Bonchev–Trinajstić information content (AvgIpc) is 3.17. The highest BCUT2D eigenvalue weighted by atomic mass is 14.3. The molecule has 0 N–H and O–H groups in total. The first-order chi connectivity index (χ1) is 16.1. The van der Waals surface area contributed by atoms with Crippen LogP contribution in [-0.4, -0.2) is 0 Å². The van der Waals surface area contributed by atoms with E-state index in [0.717, 1.165) is 25.7 Å². The zero-order valence-electron chi connectivity index (χ0n) is 20.1. The molecule has 0 radical (unpaired) electrons. The molecular formula is C33H34. The standard InChI is InChI=1S/C33H34/c1-23(16-26-10-6-4-7-11-26)24(2)17-28-14-15-32-31(20-28)21-30-18-25(3)29(22-33(30)32)19-27-12-8-5-9-13-27/h4-15,18,20,22-24H,16-17,19,21H2,1-3H3. The topological polar surface area (TPSA) is 0 Å². The molecule has 2 atom stereocenters. The van der Waals surface area contributed by atoms with Crippen LogP contribution in [0.25, 0.3) is 11.1 Å². The van der Waals surface area contributed by atoms with Crippen molar-refractivity contribution >= 4 is 0 Å². The van der Waals surface area contributed by atoms with Gasteiger partial charge >= 0.3 is 0 Å². The molecule has 0 amide bonds. The number of benzene rings is 4. The van der Waals surface area contributed by atoms with Crippen LogP contribution in [0, 0.1) is 18.8 Å². The zero-order chi connectivity index (χ0) is 22.8. The van der Waals surface area contributed by atoms with E-state index in [-0.39, 0.29) is 0 Å². The Balaban J connectivity index is 1.32. The third-order valence-electron chi connectivity index (χ3n) is 7.57. The number of fused-ring (bicyclic) bond motifs is 3. The van der Waals surface area contributed by atoms with E-state index in [1.807, 2.05) is 0 Å². The van der Waals surface area contributed by atoms with Crippen LogP contribution >= 0.6 is 0 Å². The molecule has 0 bridgehead atoms. The van der Waals surface area contributed by atoms with E-state index >= 15 is 0 Å². The summed E-state index contributed by atoms with van der Waals surface area (Å²) in [7, 11) is 0. The van der Waals surface area contributed by atoms with Crippen molar-refractivity contribution in [2.45, 2.75) is 46.5 Å². The molecule has 5 rings (SSSR count). The Bertz CT molecular complexity index is 1230. The molecule has 0 saturated carbocycles. The molecule has 33 heavy (non-hydrogen) atoms. The summed E-state index contributed by atoms with van der Waals surface area (Å²) in [4.78, 5) is 0. The molecule has 0 heteroatoms. The number of hydrogen-bond acceptors (Lipinski definition) is 0. The molecule has 0 nitrogen and oxygen atoms in total. The highest BCUT2D eigenvalue weighted by Crippen LogP contribution is 2.39. The van der Waals surface area contributed by atoms with Gasteiger partial charge in [0.05, 0.1) is 0 Å². The lowest BCUT2D eigenvalue weighted by molar-refractivity contribution is 0.383. The van der Waals surface area contributed by atoms with Crippen LogP contribution in [0.5, 0.6) is 0 Å². The Morgan fingerprint density at radius 2 is 1.21 bits per heavy atom. The zero-order valence-corrected chi connectivity index (χ0v) is 20.1. The molecule has 0 aromatic heterocycles. The summed E-state index contributed by atoms with van der Waals surface area (Å²) in [6.07, 6.45) is 4.38. The Hall–Kier alpha value is -3.12. The Morgan fingerprint density at radius 3 is 1.91 bits per heavy atom. The minimum Gasteiger partial charge on any atom is -0.0622 e. The number of hydrogen-bond donors (Lipinski definition) is 0. The first-order valence-corrected chi connectivity index (χ1v) is 12.4. The smallest absolute Gasteiger partial charge is 0.00133 e. The van der Waals surface area contributed by atoms with Gasteiger partial charge in [-0.2, -0.15) is 0 Å². The summed E-state index contributed by atoms with van der Waals surface area (Å²) in [6.45, 7) is 7.08. The average molecular weight is 431 g/mol. The van der Waals surface area contributed by atoms with Crippen molar-refractivity contribution in [1.82, 2.24) is 0 Å². The van der Waals surface area contributed by atoms with Crippen LogP contribution in [-0.2, 0) is 25.7 Å². The van der Waals surface area contributed by atoms with Crippen LogP contribution in [0.2, 0.25) is 0 Å². The molecule has 4 aromatic rings. The van der Waals surface area contributed by atoms with Crippen molar-refractivity contribution in [3.05, 3.63) is 130 Å². The van der Waals surface area contributed by atoms with Crippen LogP contribution in [0.15, 0.2) is 91.0 Å². The molecule has 0 saturated heterocycles. The fourth-order valence-electron chi connectivity index (χ4n) is 5.36. The van der Waals surface area contributed by atoms with E-state index in [9.17, 15) is 0 Å². The number of aryl methyl sites for hydroxylation is 1. The predicted molar refractivity (Wildman–Crippen MR) is 141 cm³/mol. The third kappa shape index (κ3) is 4.81. The second kappa shape index (κ2) is 9.40. The molecule has 0 fully saturated rings. The Morgan fingerprint density at radius 1 is 0.606 bits per heavy atom. The van der Waals surface area contributed by atoms with Crippen molar-refractivity contribution in [2.24, 2.45) is 11.8 Å². The van der Waals surface area contributed by atoms with Crippen LogP contribution in [0.1, 0.15) is 52.8 Å². The normalized spacial score (nSPS) is 13.9. The fraction of sp³-hybridized carbons (Fsp3) is 0.273. The Labute approximate surface area is 199 Å². The van der Waals surface area contributed by atoms with Gasteiger partial charge in [-0.15, -0.1) is 0 Å².